The quantitative estimate of drug-likeness (QED) is 0.856. The first kappa shape index (κ1) is 14.4. The minimum absolute atomic E-state index is 0.0612. The van der Waals surface area contributed by atoms with E-state index in [-0.39, 0.29) is 12.0 Å². The van der Waals surface area contributed by atoms with Gasteiger partial charge in [-0.3, -0.25) is 4.79 Å². The van der Waals surface area contributed by atoms with Crippen LogP contribution in [0.15, 0.2) is 24.3 Å². The Morgan fingerprint density at radius 3 is 2.76 bits per heavy atom. The molecule has 1 atom stereocenters. The lowest BCUT2D eigenvalue weighted by Crippen LogP contribution is -2.38. The second-order valence-electron chi connectivity index (χ2n) is 6.11. The van der Waals surface area contributed by atoms with Crippen molar-refractivity contribution < 1.29 is 9.53 Å². The van der Waals surface area contributed by atoms with Crippen molar-refractivity contribution in [2.24, 2.45) is 0 Å². The number of nitrogens with zero attached hydrogens (tertiary/aromatic N) is 2. The number of fused-ring (bicyclic) bond motifs is 1. The number of likely N-dealkylation sites (tertiary alicyclic amines) is 1. The van der Waals surface area contributed by atoms with E-state index < -0.39 is 0 Å². The first-order chi connectivity index (χ1) is 10.2. The van der Waals surface area contributed by atoms with E-state index in [1.807, 2.05) is 31.3 Å². The topological polar surface area (TPSA) is 32.8 Å². The highest BCUT2D eigenvalue weighted by Gasteiger charge is 2.26. The zero-order valence-electron chi connectivity index (χ0n) is 12.8. The number of benzene rings is 1. The lowest BCUT2D eigenvalue weighted by atomic mass is 10.1. The molecule has 4 nitrogen and oxygen atoms in total. The van der Waals surface area contributed by atoms with E-state index in [0.29, 0.717) is 12.1 Å². The van der Waals surface area contributed by atoms with Crippen molar-refractivity contribution in [1.82, 2.24) is 9.80 Å². The van der Waals surface area contributed by atoms with E-state index in [0.717, 1.165) is 18.7 Å². The molecule has 114 valence electrons. The smallest absolute Gasteiger partial charge is 0.257 e. The lowest BCUT2D eigenvalue weighted by Gasteiger charge is -2.28. The molecule has 1 fully saturated rings. The van der Waals surface area contributed by atoms with E-state index in [4.69, 9.17) is 4.74 Å². The molecule has 1 amide bonds. The number of hydrogen-bond acceptors (Lipinski definition) is 3. The minimum atomic E-state index is 0.0612. The molecule has 1 unspecified atom stereocenters. The van der Waals surface area contributed by atoms with Crippen molar-refractivity contribution in [2.45, 2.75) is 31.8 Å². The highest BCUT2D eigenvalue weighted by molar-refractivity contribution is 5.97. The number of ether oxygens (including phenoxy) is 1. The van der Waals surface area contributed by atoms with Crippen molar-refractivity contribution in [3.8, 4) is 5.75 Å². The molecule has 2 heterocycles. The summed E-state index contributed by atoms with van der Waals surface area (Å²) in [5.41, 5.74) is 0.681. The summed E-state index contributed by atoms with van der Waals surface area (Å²) < 4.78 is 6.10. The summed E-state index contributed by atoms with van der Waals surface area (Å²) >= 11 is 0. The molecule has 0 radical (unpaired) electrons. The Morgan fingerprint density at radius 1 is 1.19 bits per heavy atom. The zero-order chi connectivity index (χ0) is 14.7. The maximum Gasteiger partial charge on any atom is 0.257 e. The highest BCUT2D eigenvalue weighted by Crippen LogP contribution is 2.25. The van der Waals surface area contributed by atoms with Gasteiger partial charge in [-0.05, 0) is 44.5 Å². The molecule has 0 aliphatic carbocycles. The Bertz CT molecular complexity index is 497. The van der Waals surface area contributed by atoms with E-state index >= 15 is 0 Å². The monoisotopic (exact) mass is 288 g/mol. The predicted molar refractivity (Wildman–Crippen MR) is 82.7 cm³/mol. The molecule has 2 aliphatic rings. The first-order valence-electron chi connectivity index (χ1n) is 7.97. The zero-order valence-corrected chi connectivity index (χ0v) is 12.8. The number of likely N-dealkylation sites (N-methyl/N-ethyl adjacent to an activating group) is 1. The van der Waals surface area contributed by atoms with Gasteiger partial charge in [0.1, 0.15) is 11.9 Å². The standard InChI is InChI=1S/C17H24N2O2/c1-18-13-14(9-12-19-10-5-2-6-11-19)21-16-8-4-3-7-15(16)17(18)20/h3-4,7-8,14H,2,5-6,9-13H2,1H3. The van der Waals surface area contributed by atoms with E-state index in [9.17, 15) is 4.79 Å². The van der Waals surface area contributed by atoms with Gasteiger partial charge in [0, 0.05) is 13.6 Å². The van der Waals surface area contributed by atoms with Gasteiger partial charge in [0.05, 0.1) is 12.1 Å². The van der Waals surface area contributed by atoms with Crippen molar-refractivity contribution in [2.75, 3.05) is 33.2 Å². The molecule has 3 rings (SSSR count). The first-order valence-corrected chi connectivity index (χ1v) is 7.97. The second-order valence-corrected chi connectivity index (χ2v) is 6.11. The normalized spacial score (nSPS) is 23.4. The van der Waals surface area contributed by atoms with Gasteiger partial charge < -0.3 is 14.5 Å². The summed E-state index contributed by atoms with van der Waals surface area (Å²) in [6.07, 6.45) is 5.05. The minimum Gasteiger partial charge on any atom is -0.488 e. The maximum absolute atomic E-state index is 12.3. The van der Waals surface area contributed by atoms with Crippen molar-refractivity contribution in [1.29, 1.82) is 0 Å². The van der Waals surface area contributed by atoms with Crippen LogP contribution >= 0.6 is 0 Å². The summed E-state index contributed by atoms with van der Waals surface area (Å²) in [7, 11) is 1.86. The molecule has 1 aromatic carbocycles. The summed E-state index contributed by atoms with van der Waals surface area (Å²) in [4.78, 5) is 16.6. The third kappa shape index (κ3) is 3.38. The molecular formula is C17H24N2O2. The van der Waals surface area contributed by atoms with E-state index in [1.54, 1.807) is 4.90 Å². The van der Waals surface area contributed by atoms with Crippen LogP contribution in [-0.2, 0) is 0 Å². The van der Waals surface area contributed by atoms with Gasteiger partial charge in [-0.25, -0.2) is 0 Å². The number of piperidine rings is 1. The summed E-state index contributed by atoms with van der Waals surface area (Å²) in [6.45, 7) is 4.15. The Balaban J connectivity index is 1.65. The Labute approximate surface area is 126 Å². The molecule has 0 N–H and O–H groups in total. The van der Waals surface area contributed by atoms with Crippen LogP contribution in [0.1, 0.15) is 36.0 Å². The lowest BCUT2D eigenvalue weighted by molar-refractivity contribution is 0.0742. The Morgan fingerprint density at radius 2 is 1.95 bits per heavy atom. The third-order valence-electron chi connectivity index (χ3n) is 4.45. The molecular weight excluding hydrogens is 264 g/mol. The van der Waals surface area contributed by atoms with Crippen LogP contribution in [0.25, 0.3) is 0 Å². The summed E-state index contributed by atoms with van der Waals surface area (Å²) in [5, 5.41) is 0. The maximum atomic E-state index is 12.3. The van der Waals surface area contributed by atoms with Gasteiger partial charge in [0.25, 0.3) is 5.91 Å². The summed E-state index contributed by atoms with van der Waals surface area (Å²) in [5.74, 6) is 0.793. The number of carbonyl (C=O) groups is 1. The Kier molecular flexibility index (Phi) is 4.44. The highest BCUT2D eigenvalue weighted by atomic mass is 16.5. The fraction of sp³-hybridized carbons (Fsp3) is 0.588. The van der Waals surface area contributed by atoms with E-state index in [1.165, 1.54) is 32.4 Å². The molecule has 2 aliphatic heterocycles. The van der Waals surface area contributed by atoms with Gasteiger partial charge in [-0.2, -0.15) is 0 Å². The van der Waals surface area contributed by atoms with Gasteiger partial charge in [-0.15, -0.1) is 0 Å². The molecule has 1 saturated heterocycles. The molecule has 0 spiro atoms. The van der Waals surface area contributed by atoms with Crippen LogP contribution in [-0.4, -0.2) is 55.0 Å². The number of para-hydroxylation sites is 1. The Hall–Kier alpha value is -1.55. The average molecular weight is 288 g/mol. The number of amides is 1. The fourth-order valence-corrected chi connectivity index (χ4v) is 3.22. The van der Waals surface area contributed by atoms with Gasteiger partial charge in [0.15, 0.2) is 0 Å². The number of rotatable bonds is 3. The van der Waals surface area contributed by atoms with Crippen LogP contribution in [0.2, 0.25) is 0 Å². The SMILES string of the molecule is CN1CC(CCN2CCCCC2)Oc2ccccc2C1=O. The van der Waals surface area contributed by atoms with Crippen LogP contribution < -0.4 is 4.74 Å². The second kappa shape index (κ2) is 6.48. The molecule has 0 aromatic heterocycles. The molecule has 1 aromatic rings. The molecule has 4 heteroatoms. The van der Waals surface area contributed by atoms with Crippen molar-refractivity contribution in [3.05, 3.63) is 29.8 Å². The molecule has 21 heavy (non-hydrogen) atoms. The average Bonchev–Trinajstić information content (AvgIpc) is 2.64. The number of carbonyl (C=O) groups excluding carboxylic acids is 1. The third-order valence-corrected chi connectivity index (χ3v) is 4.45. The van der Waals surface area contributed by atoms with Crippen molar-refractivity contribution in [3.63, 3.8) is 0 Å². The molecule has 0 saturated carbocycles. The fourth-order valence-electron chi connectivity index (χ4n) is 3.22. The van der Waals surface area contributed by atoms with Gasteiger partial charge >= 0.3 is 0 Å². The van der Waals surface area contributed by atoms with Crippen LogP contribution in [0.3, 0.4) is 0 Å². The predicted octanol–water partition coefficient (Wildman–Crippen LogP) is 2.40. The van der Waals surface area contributed by atoms with E-state index in [2.05, 4.69) is 4.90 Å². The summed E-state index contributed by atoms with van der Waals surface area (Å²) in [6, 6.07) is 7.57. The van der Waals surface area contributed by atoms with Crippen molar-refractivity contribution >= 4 is 5.91 Å². The van der Waals surface area contributed by atoms with Crippen LogP contribution in [0, 0.1) is 0 Å². The van der Waals surface area contributed by atoms with Gasteiger partial charge in [-0.1, -0.05) is 18.6 Å². The largest absolute Gasteiger partial charge is 0.488 e. The number of hydrogen-bond donors (Lipinski definition) is 0. The van der Waals surface area contributed by atoms with Gasteiger partial charge in [0.2, 0.25) is 0 Å². The van der Waals surface area contributed by atoms with Crippen LogP contribution in [0.4, 0.5) is 0 Å². The molecule has 0 bridgehead atoms. The van der Waals surface area contributed by atoms with Crippen LogP contribution in [0.5, 0.6) is 5.75 Å².